The van der Waals surface area contributed by atoms with Crippen molar-refractivity contribution >= 4 is 28.9 Å². The molecule has 1 amide bonds. The molecule has 0 spiro atoms. The van der Waals surface area contributed by atoms with Gasteiger partial charge in [0.25, 0.3) is 0 Å². The molecule has 5 heteroatoms. The van der Waals surface area contributed by atoms with Gasteiger partial charge in [0.1, 0.15) is 12.4 Å². The molecule has 0 aliphatic carbocycles. The number of carbonyl (C=O) groups excluding carboxylic acids is 1. The van der Waals surface area contributed by atoms with Crippen LogP contribution in [0.1, 0.15) is 0 Å². The molecule has 0 radical (unpaired) electrons. The van der Waals surface area contributed by atoms with E-state index in [0.717, 1.165) is 5.69 Å². The van der Waals surface area contributed by atoms with Gasteiger partial charge in [0.2, 0.25) is 5.91 Å². The number of carbonyl (C=O) groups is 1. The fraction of sp³-hybridized carbons (Fsp3) is 0.118. The number of rotatable bonds is 7. The number of anilines is 2. The van der Waals surface area contributed by atoms with Gasteiger partial charge in [-0.3, -0.25) is 4.79 Å². The molecule has 4 nitrogen and oxygen atoms in total. The molecule has 0 saturated carbocycles. The van der Waals surface area contributed by atoms with Gasteiger partial charge in [-0.05, 0) is 30.3 Å². The number of amides is 1. The number of nitrogens with one attached hydrogen (secondary N) is 2. The maximum atomic E-state index is 11.9. The lowest BCUT2D eigenvalue weighted by atomic mass is 10.3. The first kappa shape index (κ1) is 15.9. The lowest BCUT2D eigenvalue weighted by Crippen LogP contribution is -2.21. The van der Waals surface area contributed by atoms with Gasteiger partial charge in [-0.15, -0.1) is 0 Å². The van der Waals surface area contributed by atoms with E-state index < -0.39 is 0 Å². The van der Waals surface area contributed by atoms with E-state index in [-0.39, 0.29) is 12.5 Å². The van der Waals surface area contributed by atoms with Gasteiger partial charge in [-0.25, -0.2) is 0 Å². The van der Waals surface area contributed by atoms with Gasteiger partial charge in [0, 0.05) is 22.5 Å². The van der Waals surface area contributed by atoms with Gasteiger partial charge < -0.3 is 15.4 Å². The largest absolute Gasteiger partial charge is 0.489 e. The predicted molar refractivity (Wildman–Crippen MR) is 90.7 cm³/mol. The van der Waals surface area contributed by atoms with Crippen LogP contribution < -0.4 is 15.4 Å². The second-order valence-electron chi connectivity index (χ2n) is 4.54. The highest BCUT2D eigenvalue weighted by Crippen LogP contribution is 2.18. The van der Waals surface area contributed by atoms with Crippen molar-refractivity contribution in [1.82, 2.24) is 0 Å². The molecule has 0 bridgehead atoms. The second kappa shape index (κ2) is 8.10. The van der Waals surface area contributed by atoms with Crippen LogP contribution in [0.4, 0.5) is 11.4 Å². The summed E-state index contributed by atoms with van der Waals surface area (Å²) in [6, 6.07) is 14.4. The number of benzene rings is 2. The first-order valence-electron chi connectivity index (χ1n) is 6.80. The highest BCUT2D eigenvalue weighted by molar-refractivity contribution is 6.30. The monoisotopic (exact) mass is 316 g/mol. The van der Waals surface area contributed by atoms with Crippen molar-refractivity contribution in [3.63, 3.8) is 0 Å². The molecular weight excluding hydrogens is 300 g/mol. The lowest BCUT2D eigenvalue weighted by Gasteiger charge is -2.09. The van der Waals surface area contributed by atoms with Crippen molar-refractivity contribution in [2.45, 2.75) is 0 Å². The Labute approximate surface area is 134 Å². The quantitative estimate of drug-likeness (QED) is 0.760. The molecule has 2 rings (SSSR count). The average Bonchev–Trinajstić information content (AvgIpc) is 2.51. The van der Waals surface area contributed by atoms with Crippen molar-refractivity contribution in [1.29, 1.82) is 0 Å². The van der Waals surface area contributed by atoms with Crippen LogP contribution in [0.15, 0.2) is 61.2 Å². The van der Waals surface area contributed by atoms with E-state index in [4.69, 9.17) is 16.3 Å². The Morgan fingerprint density at radius 3 is 2.73 bits per heavy atom. The second-order valence-corrected chi connectivity index (χ2v) is 4.98. The summed E-state index contributed by atoms with van der Waals surface area (Å²) in [6.07, 6.45) is 1.67. The third-order valence-corrected chi connectivity index (χ3v) is 3.00. The summed E-state index contributed by atoms with van der Waals surface area (Å²) in [6.45, 7) is 4.17. The van der Waals surface area contributed by atoms with Crippen LogP contribution in [0.25, 0.3) is 0 Å². The normalized spacial score (nSPS) is 9.86. The molecule has 0 aromatic heterocycles. The summed E-state index contributed by atoms with van der Waals surface area (Å²) in [5.41, 5.74) is 1.48. The number of hydrogen-bond donors (Lipinski definition) is 2. The summed E-state index contributed by atoms with van der Waals surface area (Å²) >= 11 is 5.89. The number of halogens is 1. The lowest BCUT2D eigenvalue weighted by molar-refractivity contribution is -0.114. The molecule has 0 atom stereocenters. The van der Waals surface area contributed by atoms with Gasteiger partial charge in [-0.1, -0.05) is 36.4 Å². The maximum absolute atomic E-state index is 11.9. The van der Waals surface area contributed by atoms with Crippen molar-refractivity contribution in [3.05, 3.63) is 66.2 Å². The summed E-state index contributed by atoms with van der Waals surface area (Å²) in [7, 11) is 0. The Kier molecular flexibility index (Phi) is 5.86. The van der Waals surface area contributed by atoms with Crippen LogP contribution in [0, 0.1) is 0 Å². The Morgan fingerprint density at radius 1 is 1.18 bits per heavy atom. The minimum absolute atomic E-state index is 0.151. The van der Waals surface area contributed by atoms with E-state index in [2.05, 4.69) is 17.2 Å². The SMILES string of the molecule is C=CCOc1cccc(NC(=O)CNc2cccc(Cl)c2)c1. The van der Waals surface area contributed by atoms with Crippen LogP contribution in [0.3, 0.4) is 0 Å². The average molecular weight is 317 g/mol. The van der Waals surface area contributed by atoms with Crippen LogP contribution >= 0.6 is 11.6 Å². The fourth-order valence-corrected chi connectivity index (χ4v) is 2.00. The Morgan fingerprint density at radius 2 is 1.95 bits per heavy atom. The summed E-state index contributed by atoms with van der Waals surface area (Å²) in [4.78, 5) is 11.9. The minimum Gasteiger partial charge on any atom is -0.489 e. The summed E-state index contributed by atoms with van der Waals surface area (Å²) < 4.78 is 5.42. The van der Waals surface area contributed by atoms with E-state index in [9.17, 15) is 4.79 Å². The van der Waals surface area contributed by atoms with E-state index in [1.807, 2.05) is 24.3 Å². The molecule has 0 aliphatic heterocycles. The zero-order chi connectivity index (χ0) is 15.8. The molecule has 0 aliphatic rings. The molecule has 2 aromatic rings. The van der Waals surface area contributed by atoms with Gasteiger partial charge >= 0.3 is 0 Å². The van der Waals surface area contributed by atoms with Gasteiger partial charge in [0.05, 0.1) is 6.54 Å². The first-order chi connectivity index (χ1) is 10.7. The fourth-order valence-electron chi connectivity index (χ4n) is 1.80. The third kappa shape index (κ3) is 5.14. The molecular formula is C17H17ClN2O2. The molecule has 0 saturated heterocycles. The first-order valence-corrected chi connectivity index (χ1v) is 7.18. The van der Waals surface area contributed by atoms with E-state index in [1.165, 1.54) is 0 Å². The predicted octanol–water partition coefficient (Wildman–Crippen LogP) is 3.96. The Balaban J connectivity index is 1.87. The standard InChI is InChI=1S/C17H17ClN2O2/c1-2-9-22-16-8-4-7-15(11-16)20-17(21)12-19-14-6-3-5-13(18)10-14/h2-8,10-11,19H,1,9,12H2,(H,20,21). The Bertz CT molecular complexity index is 659. The van der Waals surface area contributed by atoms with E-state index in [0.29, 0.717) is 23.1 Å². The molecule has 0 heterocycles. The summed E-state index contributed by atoms with van der Waals surface area (Å²) in [5.74, 6) is 0.529. The summed E-state index contributed by atoms with van der Waals surface area (Å²) in [5, 5.41) is 6.44. The Hall–Kier alpha value is -2.46. The highest BCUT2D eigenvalue weighted by atomic mass is 35.5. The highest BCUT2D eigenvalue weighted by Gasteiger charge is 2.03. The molecule has 22 heavy (non-hydrogen) atoms. The van der Waals surface area contributed by atoms with Gasteiger partial charge in [-0.2, -0.15) is 0 Å². The van der Waals surface area contributed by atoms with E-state index in [1.54, 1.807) is 30.3 Å². The van der Waals surface area contributed by atoms with Gasteiger partial charge in [0.15, 0.2) is 0 Å². The number of hydrogen-bond acceptors (Lipinski definition) is 3. The topological polar surface area (TPSA) is 50.4 Å². The minimum atomic E-state index is -0.152. The molecule has 2 N–H and O–H groups in total. The third-order valence-electron chi connectivity index (χ3n) is 2.76. The van der Waals surface area contributed by atoms with Crippen molar-refractivity contribution in [2.75, 3.05) is 23.8 Å². The van der Waals surface area contributed by atoms with Crippen LogP contribution in [-0.4, -0.2) is 19.1 Å². The van der Waals surface area contributed by atoms with Crippen LogP contribution in [0.5, 0.6) is 5.75 Å². The molecule has 0 unspecified atom stereocenters. The molecule has 2 aromatic carbocycles. The number of ether oxygens (including phenoxy) is 1. The van der Waals surface area contributed by atoms with Crippen molar-refractivity contribution in [2.24, 2.45) is 0 Å². The van der Waals surface area contributed by atoms with E-state index >= 15 is 0 Å². The van der Waals surface area contributed by atoms with Crippen LogP contribution in [0.2, 0.25) is 5.02 Å². The smallest absolute Gasteiger partial charge is 0.243 e. The molecule has 0 fully saturated rings. The maximum Gasteiger partial charge on any atom is 0.243 e. The zero-order valence-electron chi connectivity index (χ0n) is 12.0. The van der Waals surface area contributed by atoms with Crippen LogP contribution in [-0.2, 0) is 4.79 Å². The van der Waals surface area contributed by atoms with Crippen molar-refractivity contribution in [3.8, 4) is 5.75 Å². The molecule has 114 valence electrons. The zero-order valence-corrected chi connectivity index (χ0v) is 12.8. The van der Waals surface area contributed by atoms with Crippen molar-refractivity contribution < 1.29 is 9.53 Å².